The predicted molar refractivity (Wildman–Crippen MR) is 67.6 cm³/mol. The average Bonchev–Trinajstić information content (AvgIpc) is 2.40. The quantitative estimate of drug-likeness (QED) is 0.905. The van der Waals surface area contributed by atoms with Crippen LogP contribution in [0.1, 0.15) is 11.1 Å². The number of aromatic nitrogens is 1. The van der Waals surface area contributed by atoms with Crippen LogP contribution in [0.25, 0.3) is 0 Å². The van der Waals surface area contributed by atoms with Crippen LogP contribution in [0.2, 0.25) is 5.02 Å². The highest BCUT2D eigenvalue weighted by Gasteiger charge is 2.09. The lowest BCUT2D eigenvalue weighted by atomic mass is 10.1. The molecule has 2 N–H and O–H groups in total. The molecular weight excluding hydrogens is 273 g/mol. The predicted octanol–water partition coefficient (Wildman–Crippen LogP) is 2.65. The van der Waals surface area contributed by atoms with Crippen molar-refractivity contribution in [1.29, 1.82) is 0 Å². The van der Waals surface area contributed by atoms with Gasteiger partial charge in [0.2, 0.25) is 0 Å². The summed E-state index contributed by atoms with van der Waals surface area (Å²) in [5, 5.41) is 18.6. The van der Waals surface area contributed by atoms with Crippen molar-refractivity contribution in [2.75, 3.05) is 0 Å². The Kier molecular flexibility index (Phi) is 4.19. The molecule has 0 aliphatic carbocycles. The third-order valence-corrected chi connectivity index (χ3v) is 2.86. The van der Waals surface area contributed by atoms with Gasteiger partial charge in [-0.3, -0.25) is 4.98 Å². The highest BCUT2D eigenvalue weighted by Crippen LogP contribution is 2.24. The highest BCUT2D eigenvalue weighted by atomic mass is 35.5. The van der Waals surface area contributed by atoms with E-state index in [2.05, 4.69) is 4.98 Å². The van der Waals surface area contributed by atoms with Crippen LogP contribution in [0.4, 0.5) is 4.39 Å². The number of aliphatic hydroxyl groups is 1. The van der Waals surface area contributed by atoms with Crippen LogP contribution in [0, 0.1) is 5.82 Å². The van der Waals surface area contributed by atoms with E-state index in [0.717, 1.165) is 0 Å². The van der Waals surface area contributed by atoms with E-state index in [4.69, 9.17) is 21.4 Å². The molecule has 0 saturated carbocycles. The summed E-state index contributed by atoms with van der Waals surface area (Å²) in [7, 11) is 0. The number of aromatic hydroxyl groups is 1. The molecular formula is C13H11ClFNO3. The lowest BCUT2D eigenvalue weighted by molar-refractivity contribution is 0.262. The number of rotatable bonds is 4. The molecule has 100 valence electrons. The van der Waals surface area contributed by atoms with Gasteiger partial charge in [0.05, 0.1) is 17.8 Å². The number of halogens is 2. The number of ether oxygens (including phenoxy) is 1. The van der Waals surface area contributed by atoms with E-state index in [0.29, 0.717) is 16.9 Å². The fraction of sp³-hybridized carbons (Fsp3) is 0.154. The second-order valence-electron chi connectivity index (χ2n) is 3.82. The highest BCUT2D eigenvalue weighted by molar-refractivity contribution is 6.30. The Labute approximate surface area is 114 Å². The van der Waals surface area contributed by atoms with Crippen molar-refractivity contribution in [1.82, 2.24) is 4.98 Å². The zero-order chi connectivity index (χ0) is 13.8. The summed E-state index contributed by atoms with van der Waals surface area (Å²) in [6.07, 6.45) is 2.72. The summed E-state index contributed by atoms with van der Waals surface area (Å²) < 4.78 is 18.4. The van der Waals surface area contributed by atoms with E-state index in [1.54, 1.807) is 0 Å². The molecule has 1 aromatic heterocycles. The minimum absolute atomic E-state index is 0.0334. The topological polar surface area (TPSA) is 62.6 Å². The van der Waals surface area contributed by atoms with Gasteiger partial charge in [-0.1, -0.05) is 11.6 Å². The molecule has 4 nitrogen and oxygen atoms in total. The zero-order valence-corrected chi connectivity index (χ0v) is 10.6. The minimum atomic E-state index is -0.524. The van der Waals surface area contributed by atoms with E-state index in [1.807, 2.05) is 0 Å². The summed E-state index contributed by atoms with van der Waals surface area (Å²) in [5.74, 6) is -0.233. The standard InChI is InChI=1S/C13H11ClFNO3/c14-11-3-9(1-2-12(11)15)19-7-8-4-16-5-13(18)10(8)6-17/h1-5,17-18H,6-7H2. The summed E-state index contributed by atoms with van der Waals surface area (Å²) >= 11 is 5.63. The van der Waals surface area contributed by atoms with E-state index in [9.17, 15) is 9.50 Å². The second-order valence-corrected chi connectivity index (χ2v) is 4.23. The van der Waals surface area contributed by atoms with E-state index in [-0.39, 0.29) is 24.0 Å². The molecule has 1 aromatic carbocycles. The normalized spacial score (nSPS) is 10.5. The van der Waals surface area contributed by atoms with Crippen LogP contribution in [0.3, 0.4) is 0 Å². The summed E-state index contributed by atoms with van der Waals surface area (Å²) in [4.78, 5) is 3.81. The van der Waals surface area contributed by atoms with Crippen molar-refractivity contribution in [2.45, 2.75) is 13.2 Å². The Hall–Kier alpha value is -1.85. The van der Waals surface area contributed by atoms with Crippen molar-refractivity contribution < 1.29 is 19.3 Å². The van der Waals surface area contributed by atoms with Gasteiger partial charge in [-0.25, -0.2) is 4.39 Å². The molecule has 2 rings (SSSR count). The largest absolute Gasteiger partial charge is 0.506 e. The number of pyridine rings is 1. The number of hydrogen-bond donors (Lipinski definition) is 2. The molecule has 0 bridgehead atoms. The van der Waals surface area contributed by atoms with Crippen LogP contribution in [0.15, 0.2) is 30.6 Å². The van der Waals surface area contributed by atoms with Gasteiger partial charge in [0.25, 0.3) is 0 Å². The first-order valence-electron chi connectivity index (χ1n) is 5.45. The third-order valence-electron chi connectivity index (χ3n) is 2.57. The first-order chi connectivity index (χ1) is 9.11. The Bertz CT molecular complexity index is 592. The average molecular weight is 284 g/mol. The first kappa shape index (κ1) is 13.6. The molecule has 0 fully saturated rings. The van der Waals surface area contributed by atoms with Crippen LogP contribution in [0.5, 0.6) is 11.5 Å². The summed E-state index contributed by atoms with van der Waals surface area (Å²) in [6.45, 7) is -0.240. The molecule has 0 saturated heterocycles. The second kappa shape index (κ2) is 5.86. The van der Waals surface area contributed by atoms with E-state index >= 15 is 0 Å². The van der Waals surface area contributed by atoms with Gasteiger partial charge in [-0.05, 0) is 12.1 Å². The lowest BCUT2D eigenvalue weighted by Gasteiger charge is -2.10. The number of benzene rings is 1. The molecule has 0 aliphatic heterocycles. The van der Waals surface area contributed by atoms with Gasteiger partial charge in [-0.2, -0.15) is 0 Å². The van der Waals surface area contributed by atoms with Crippen molar-refractivity contribution >= 4 is 11.6 Å². The van der Waals surface area contributed by atoms with Crippen molar-refractivity contribution in [3.8, 4) is 11.5 Å². The maximum Gasteiger partial charge on any atom is 0.142 e. The Morgan fingerprint density at radius 2 is 2.11 bits per heavy atom. The van der Waals surface area contributed by atoms with Crippen LogP contribution < -0.4 is 4.74 Å². The molecule has 0 unspecified atom stereocenters. The van der Waals surface area contributed by atoms with Gasteiger partial charge in [0.1, 0.15) is 23.9 Å². The Morgan fingerprint density at radius 3 is 2.79 bits per heavy atom. The SMILES string of the molecule is OCc1c(O)cncc1COc1ccc(F)c(Cl)c1. The Morgan fingerprint density at radius 1 is 1.32 bits per heavy atom. The van der Waals surface area contributed by atoms with Crippen LogP contribution in [-0.4, -0.2) is 15.2 Å². The molecule has 0 radical (unpaired) electrons. The Balaban J connectivity index is 2.14. The molecule has 2 aromatic rings. The maximum absolute atomic E-state index is 13.0. The summed E-state index contributed by atoms with van der Waals surface area (Å²) in [6, 6.07) is 3.99. The van der Waals surface area contributed by atoms with Gasteiger partial charge in [0, 0.05) is 23.4 Å². The fourth-order valence-electron chi connectivity index (χ4n) is 1.55. The van der Waals surface area contributed by atoms with Gasteiger partial charge in [-0.15, -0.1) is 0 Å². The van der Waals surface area contributed by atoms with Gasteiger partial charge in [0.15, 0.2) is 0 Å². The smallest absolute Gasteiger partial charge is 0.142 e. The van der Waals surface area contributed by atoms with Gasteiger partial charge < -0.3 is 14.9 Å². The molecule has 1 heterocycles. The molecule has 19 heavy (non-hydrogen) atoms. The molecule has 0 amide bonds. The first-order valence-corrected chi connectivity index (χ1v) is 5.83. The molecule has 0 atom stereocenters. The van der Waals surface area contributed by atoms with E-state index in [1.165, 1.54) is 30.6 Å². The molecule has 0 aliphatic rings. The monoisotopic (exact) mass is 283 g/mol. The summed E-state index contributed by atoms with van der Waals surface area (Å²) in [5.41, 5.74) is 0.895. The zero-order valence-electron chi connectivity index (χ0n) is 9.81. The van der Waals surface area contributed by atoms with Crippen molar-refractivity contribution in [3.05, 3.63) is 52.6 Å². The van der Waals surface area contributed by atoms with Crippen LogP contribution in [-0.2, 0) is 13.2 Å². The van der Waals surface area contributed by atoms with Crippen molar-refractivity contribution in [3.63, 3.8) is 0 Å². The lowest BCUT2D eigenvalue weighted by Crippen LogP contribution is -2.01. The maximum atomic E-state index is 13.0. The van der Waals surface area contributed by atoms with E-state index < -0.39 is 5.82 Å². The third kappa shape index (κ3) is 3.13. The minimum Gasteiger partial charge on any atom is -0.506 e. The van der Waals surface area contributed by atoms with Crippen molar-refractivity contribution in [2.24, 2.45) is 0 Å². The number of nitrogens with zero attached hydrogens (tertiary/aromatic N) is 1. The number of aliphatic hydroxyl groups excluding tert-OH is 1. The van der Waals surface area contributed by atoms with Crippen LogP contribution >= 0.6 is 11.6 Å². The van der Waals surface area contributed by atoms with Gasteiger partial charge >= 0.3 is 0 Å². The fourth-order valence-corrected chi connectivity index (χ4v) is 1.72. The molecule has 6 heteroatoms. The number of hydrogen-bond acceptors (Lipinski definition) is 4. The molecule has 0 spiro atoms.